The number of benzene rings is 1. The largest absolute Gasteiger partial charge is 0.496 e. The number of carbonyl (C=O) groups is 1. The van der Waals surface area contributed by atoms with Crippen LogP contribution in [-0.4, -0.2) is 18.2 Å². The van der Waals surface area contributed by atoms with Crippen LogP contribution in [0.1, 0.15) is 12.0 Å². The third kappa shape index (κ3) is 2.78. The van der Waals surface area contributed by atoms with Crippen LogP contribution in [0.5, 0.6) is 5.75 Å². The lowest BCUT2D eigenvalue weighted by Gasteiger charge is -2.05. The number of carboxylic acids is 1. The van der Waals surface area contributed by atoms with E-state index in [1.54, 1.807) is 25.3 Å². The minimum Gasteiger partial charge on any atom is -0.496 e. The van der Waals surface area contributed by atoms with Crippen molar-refractivity contribution in [2.45, 2.75) is 12.8 Å². The fraction of sp³-hybridized carbons (Fsp3) is 0.300. The molecule has 0 unspecified atom stereocenters. The van der Waals surface area contributed by atoms with Gasteiger partial charge in [0.1, 0.15) is 5.75 Å². The minimum atomic E-state index is -0.800. The third-order valence-electron chi connectivity index (χ3n) is 1.73. The van der Waals surface area contributed by atoms with E-state index >= 15 is 0 Å². The molecule has 0 heterocycles. The van der Waals surface area contributed by atoms with Crippen LogP contribution in [0.3, 0.4) is 0 Å². The molecule has 13 heavy (non-hydrogen) atoms. The van der Waals surface area contributed by atoms with Gasteiger partial charge in [0, 0.05) is 6.42 Å². The molecule has 69 valence electrons. The van der Waals surface area contributed by atoms with Gasteiger partial charge in [0.25, 0.3) is 0 Å². The lowest BCUT2D eigenvalue weighted by molar-refractivity contribution is -0.136. The molecule has 0 atom stereocenters. The van der Waals surface area contributed by atoms with Crippen LogP contribution >= 0.6 is 0 Å². The zero-order valence-corrected chi connectivity index (χ0v) is 7.41. The Morgan fingerprint density at radius 2 is 2.46 bits per heavy atom. The second-order valence-electron chi connectivity index (χ2n) is 2.63. The first-order valence-electron chi connectivity index (χ1n) is 3.99. The topological polar surface area (TPSA) is 46.5 Å². The summed E-state index contributed by atoms with van der Waals surface area (Å²) in [5, 5.41) is 8.49. The maximum Gasteiger partial charge on any atom is 0.303 e. The average molecular weight is 179 g/mol. The van der Waals surface area contributed by atoms with Gasteiger partial charge in [0.15, 0.2) is 0 Å². The van der Waals surface area contributed by atoms with Crippen molar-refractivity contribution in [3.8, 4) is 5.75 Å². The van der Waals surface area contributed by atoms with Gasteiger partial charge >= 0.3 is 5.97 Å². The second kappa shape index (κ2) is 4.50. The molecule has 1 aromatic rings. The number of carboxylic acid groups (broad SMARTS) is 1. The fourth-order valence-corrected chi connectivity index (χ4v) is 1.09. The zero-order valence-electron chi connectivity index (χ0n) is 7.41. The molecule has 0 aliphatic carbocycles. The lowest BCUT2D eigenvalue weighted by atomic mass is 10.1. The number of ether oxygens (including phenoxy) is 1. The molecule has 0 bridgehead atoms. The maximum absolute atomic E-state index is 10.3. The van der Waals surface area contributed by atoms with Gasteiger partial charge in [-0.15, -0.1) is 0 Å². The van der Waals surface area contributed by atoms with Gasteiger partial charge in [-0.25, -0.2) is 0 Å². The molecule has 0 fully saturated rings. The Morgan fingerprint density at radius 1 is 1.69 bits per heavy atom. The van der Waals surface area contributed by atoms with E-state index in [4.69, 9.17) is 9.84 Å². The quantitative estimate of drug-likeness (QED) is 0.762. The predicted molar refractivity (Wildman–Crippen MR) is 47.8 cm³/mol. The summed E-state index contributed by atoms with van der Waals surface area (Å²) < 4.78 is 5.06. The number of aliphatic carboxylic acids is 1. The van der Waals surface area contributed by atoms with Crippen LogP contribution in [0.15, 0.2) is 18.2 Å². The van der Waals surface area contributed by atoms with Gasteiger partial charge in [-0.1, -0.05) is 6.07 Å². The van der Waals surface area contributed by atoms with E-state index in [-0.39, 0.29) is 6.42 Å². The molecule has 0 saturated carbocycles. The highest BCUT2D eigenvalue weighted by molar-refractivity contribution is 5.67. The van der Waals surface area contributed by atoms with Crippen LogP contribution in [0.4, 0.5) is 0 Å². The lowest BCUT2D eigenvalue weighted by Crippen LogP contribution is -1.99. The highest BCUT2D eigenvalue weighted by Gasteiger charge is 2.03. The molecular formula is C10H11O3. The van der Waals surface area contributed by atoms with Crippen molar-refractivity contribution >= 4 is 5.97 Å². The van der Waals surface area contributed by atoms with Crippen molar-refractivity contribution in [2.24, 2.45) is 0 Å². The Hall–Kier alpha value is -1.51. The standard InChI is InChI=1S/C10H11O3/c1-13-9-5-3-2-4-8(9)6-7-10(11)12/h3-5H,6-7H2,1H3,(H,11,12). The Morgan fingerprint density at radius 3 is 3.08 bits per heavy atom. The maximum atomic E-state index is 10.3. The van der Waals surface area contributed by atoms with Crippen LogP contribution < -0.4 is 4.74 Å². The minimum absolute atomic E-state index is 0.119. The fourth-order valence-electron chi connectivity index (χ4n) is 1.09. The van der Waals surface area contributed by atoms with Gasteiger partial charge < -0.3 is 9.84 Å². The summed E-state index contributed by atoms with van der Waals surface area (Å²) >= 11 is 0. The molecule has 0 aliphatic heterocycles. The van der Waals surface area contributed by atoms with E-state index in [1.165, 1.54) is 0 Å². The van der Waals surface area contributed by atoms with E-state index < -0.39 is 5.97 Å². The Labute approximate surface area is 77.0 Å². The van der Waals surface area contributed by atoms with Crippen molar-refractivity contribution in [1.29, 1.82) is 0 Å². The Kier molecular flexibility index (Phi) is 3.31. The molecule has 0 amide bonds. The van der Waals surface area contributed by atoms with Gasteiger partial charge in [-0.3, -0.25) is 4.79 Å². The van der Waals surface area contributed by atoms with Crippen molar-refractivity contribution < 1.29 is 14.6 Å². The van der Waals surface area contributed by atoms with Crippen LogP contribution in [0, 0.1) is 6.07 Å². The molecule has 1 aromatic carbocycles. The van der Waals surface area contributed by atoms with Gasteiger partial charge in [-0.2, -0.15) is 0 Å². The highest BCUT2D eigenvalue weighted by atomic mass is 16.5. The number of rotatable bonds is 4. The molecule has 1 rings (SSSR count). The molecule has 1 radical (unpaired) electrons. The first-order valence-corrected chi connectivity index (χ1v) is 3.99. The molecular weight excluding hydrogens is 168 g/mol. The Balaban J connectivity index is 2.69. The second-order valence-corrected chi connectivity index (χ2v) is 2.63. The molecule has 0 spiro atoms. The van der Waals surface area contributed by atoms with Crippen molar-refractivity contribution in [3.63, 3.8) is 0 Å². The van der Waals surface area contributed by atoms with Crippen LogP contribution in [-0.2, 0) is 11.2 Å². The number of hydrogen-bond donors (Lipinski definition) is 1. The molecule has 3 nitrogen and oxygen atoms in total. The molecule has 0 saturated heterocycles. The summed E-state index contributed by atoms with van der Waals surface area (Å²) in [4.78, 5) is 10.3. The van der Waals surface area contributed by atoms with Gasteiger partial charge in [0.2, 0.25) is 0 Å². The first kappa shape index (κ1) is 9.58. The zero-order chi connectivity index (χ0) is 9.68. The molecule has 1 N–H and O–H groups in total. The van der Waals surface area contributed by atoms with E-state index in [0.717, 1.165) is 11.3 Å². The summed E-state index contributed by atoms with van der Waals surface area (Å²) in [5.41, 5.74) is 0.882. The SMILES string of the molecule is COc1cc[c]cc1CCC(=O)O. The Bertz CT molecular complexity index is 294. The molecule has 3 heteroatoms. The molecule has 0 aromatic heterocycles. The summed E-state index contributed by atoms with van der Waals surface area (Å²) in [7, 11) is 1.57. The summed E-state index contributed by atoms with van der Waals surface area (Å²) in [6, 6.07) is 8.15. The van der Waals surface area contributed by atoms with E-state index in [1.807, 2.05) is 0 Å². The third-order valence-corrected chi connectivity index (χ3v) is 1.73. The summed E-state index contributed by atoms with van der Waals surface area (Å²) in [6.45, 7) is 0. The molecule has 0 aliphatic rings. The van der Waals surface area contributed by atoms with Crippen LogP contribution in [0.25, 0.3) is 0 Å². The van der Waals surface area contributed by atoms with Crippen LogP contribution in [0.2, 0.25) is 0 Å². The van der Waals surface area contributed by atoms with E-state index in [0.29, 0.717) is 6.42 Å². The first-order chi connectivity index (χ1) is 6.24. The number of methoxy groups -OCH3 is 1. The van der Waals surface area contributed by atoms with Crippen molar-refractivity contribution in [1.82, 2.24) is 0 Å². The van der Waals surface area contributed by atoms with E-state index in [2.05, 4.69) is 6.07 Å². The number of hydrogen-bond acceptors (Lipinski definition) is 2. The van der Waals surface area contributed by atoms with E-state index in [9.17, 15) is 4.79 Å². The monoisotopic (exact) mass is 179 g/mol. The highest BCUT2D eigenvalue weighted by Crippen LogP contribution is 2.18. The summed E-state index contributed by atoms with van der Waals surface area (Å²) in [6.07, 6.45) is 0.601. The predicted octanol–water partition coefficient (Wildman–Crippen LogP) is 1.51. The van der Waals surface area contributed by atoms with Crippen molar-refractivity contribution in [2.75, 3.05) is 7.11 Å². The van der Waals surface area contributed by atoms with Gasteiger partial charge in [-0.05, 0) is 30.2 Å². The summed E-state index contributed by atoms with van der Waals surface area (Å²) in [5.74, 6) is -0.0779. The normalized spacial score (nSPS) is 9.62. The number of aryl methyl sites for hydroxylation is 1. The van der Waals surface area contributed by atoms with Gasteiger partial charge in [0.05, 0.1) is 7.11 Å². The smallest absolute Gasteiger partial charge is 0.303 e. The average Bonchev–Trinajstić information content (AvgIpc) is 2.15. The van der Waals surface area contributed by atoms with Crippen molar-refractivity contribution in [3.05, 3.63) is 29.8 Å².